The summed E-state index contributed by atoms with van der Waals surface area (Å²) in [7, 11) is 0. The number of rotatable bonds is 5. The lowest BCUT2D eigenvalue weighted by molar-refractivity contribution is -0.117. The van der Waals surface area contributed by atoms with Crippen LogP contribution < -0.4 is 10.2 Å². The van der Waals surface area contributed by atoms with E-state index < -0.39 is 0 Å². The topological polar surface area (TPSA) is 66.3 Å². The van der Waals surface area contributed by atoms with Gasteiger partial charge in [0.15, 0.2) is 5.82 Å². The molecule has 0 spiro atoms. The highest BCUT2D eigenvalue weighted by Gasteiger charge is 2.24. The Balaban J connectivity index is 1.36. The number of aromatic nitrogens is 3. The Kier molecular flexibility index (Phi) is 6.25. The standard InChI is InChI=1S/C23H27ClN6O/c1-16-7-8-19(14-20(16)24)26-22(31)15-28-10-12-29(13-11-28)23-17(2)27-30(18(23)3)21-6-4-5-9-25-21/h4-9,14H,10-13,15H2,1-3H3,(H,26,31). The lowest BCUT2D eigenvalue weighted by Gasteiger charge is -2.35. The molecule has 0 atom stereocenters. The average molecular weight is 439 g/mol. The van der Waals surface area contributed by atoms with Gasteiger partial charge in [0.1, 0.15) is 0 Å². The van der Waals surface area contributed by atoms with Crippen LogP contribution >= 0.6 is 11.6 Å². The average Bonchev–Trinajstić information content (AvgIpc) is 3.06. The van der Waals surface area contributed by atoms with Gasteiger partial charge < -0.3 is 10.2 Å². The Morgan fingerprint density at radius 3 is 2.55 bits per heavy atom. The summed E-state index contributed by atoms with van der Waals surface area (Å²) in [6.07, 6.45) is 1.78. The van der Waals surface area contributed by atoms with Gasteiger partial charge in [0.25, 0.3) is 0 Å². The third kappa shape index (κ3) is 4.73. The maximum Gasteiger partial charge on any atom is 0.238 e. The van der Waals surface area contributed by atoms with E-state index in [-0.39, 0.29) is 5.91 Å². The van der Waals surface area contributed by atoms with E-state index in [9.17, 15) is 4.79 Å². The SMILES string of the molecule is Cc1ccc(NC(=O)CN2CCN(c3c(C)nn(-c4ccccn4)c3C)CC2)cc1Cl. The molecule has 162 valence electrons. The van der Waals surface area contributed by atoms with Gasteiger partial charge in [-0.25, -0.2) is 9.67 Å². The number of piperazine rings is 1. The van der Waals surface area contributed by atoms with E-state index >= 15 is 0 Å². The van der Waals surface area contributed by atoms with Gasteiger partial charge in [-0.1, -0.05) is 23.7 Å². The number of hydrogen-bond donors (Lipinski definition) is 1. The molecule has 3 aromatic rings. The number of aryl methyl sites for hydroxylation is 2. The smallest absolute Gasteiger partial charge is 0.238 e. The molecule has 1 aromatic carbocycles. The zero-order chi connectivity index (χ0) is 22.0. The normalized spacial score (nSPS) is 14.6. The van der Waals surface area contributed by atoms with Crippen molar-refractivity contribution in [1.82, 2.24) is 19.7 Å². The minimum atomic E-state index is -0.0243. The molecule has 1 amide bonds. The van der Waals surface area contributed by atoms with Crippen molar-refractivity contribution in [3.63, 3.8) is 0 Å². The Hall–Kier alpha value is -2.90. The van der Waals surface area contributed by atoms with Gasteiger partial charge in [-0.2, -0.15) is 5.10 Å². The summed E-state index contributed by atoms with van der Waals surface area (Å²) < 4.78 is 1.90. The van der Waals surface area contributed by atoms with Crippen molar-refractivity contribution in [3.8, 4) is 5.82 Å². The summed E-state index contributed by atoms with van der Waals surface area (Å²) in [6.45, 7) is 9.75. The number of benzene rings is 1. The predicted molar refractivity (Wildman–Crippen MR) is 124 cm³/mol. The third-order valence-electron chi connectivity index (χ3n) is 5.63. The highest BCUT2D eigenvalue weighted by Crippen LogP contribution is 2.27. The molecule has 8 heteroatoms. The van der Waals surface area contributed by atoms with Crippen molar-refractivity contribution in [2.45, 2.75) is 20.8 Å². The third-order valence-corrected chi connectivity index (χ3v) is 6.04. The molecule has 1 fully saturated rings. The number of hydrogen-bond acceptors (Lipinski definition) is 5. The maximum absolute atomic E-state index is 12.5. The van der Waals surface area contributed by atoms with E-state index in [1.165, 1.54) is 0 Å². The summed E-state index contributed by atoms with van der Waals surface area (Å²) >= 11 is 6.15. The summed E-state index contributed by atoms with van der Waals surface area (Å²) in [5.74, 6) is 0.796. The summed E-state index contributed by atoms with van der Waals surface area (Å²) in [5.41, 5.74) is 4.95. The number of anilines is 2. The van der Waals surface area contributed by atoms with Crippen LogP contribution in [0.1, 0.15) is 17.0 Å². The Labute approximate surface area is 187 Å². The fourth-order valence-corrected chi connectivity index (χ4v) is 4.18. The number of halogens is 1. The van der Waals surface area contributed by atoms with E-state index in [0.717, 1.165) is 60.3 Å². The van der Waals surface area contributed by atoms with Gasteiger partial charge >= 0.3 is 0 Å². The van der Waals surface area contributed by atoms with Gasteiger partial charge in [-0.15, -0.1) is 0 Å². The highest BCUT2D eigenvalue weighted by atomic mass is 35.5. The molecule has 0 saturated carbocycles. The minimum Gasteiger partial charge on any atom is -0.366 e. The molecule has 0 unspecified atom stereocenters. The second-order valence-corrected chi connectivity index (χ2v) is 8.30. The highest BCUT2D eigenvalue weighted by molar-refractivity contribution is 6.31. The minimum absolute atomic E-state index is 0.0243. The molecule has 1 N–H and O–H groups in total. The van der Waals surface area contributed by atoms with Crippen LogP contribution in [0.2, 0.25) is 5.02 Å². The van der Waals surface area contributed by atoms with E-state index in [4.69, 9.17) is 16.7 Å². The van der Waals surface area contributed by atoms with Crippen LogP contribution in [0.3, 0.4) is 0 Å². The number of carbonyl (C=O) groups is 1. The summed E-state index contributed by atoms with van der Waals surface area (Å²) in [5, 5.41) is 8.30. The molecule has 0 aliphatic carbocycles. The molecule has 1 saturated heterocycles. The zero-order valence-electron chi connectivity index (χ0n) is 18.1. The number of pyridine rings is 1. The quantitative estimate of drug-likeness (QED) is 0.659. The zero-order valence-corrected chi connectivity index (χ0v) is 18.9. The first-order chi connectivity index (χ1) is 14.9. The second kappa shape index (κ2) is 9.08. The summed E-state index contributed by atoms with van der Waals surface area (Å²) in [6, 6.07) is 11.4. The lowest BCUT2D eigenvalue weighted by atomic mass is 10.2. The Bertz CT molecular complexity index is 1070. The van der Waals surface area contributed by atoms with Crippen molar-refractivity contribution in [1.29, 1.82) is 0 Å². The number of carbonyl (C=O) groups excluding carboxylic acids is 1. The van der Waals surface area contributed by atoms with E-state index in [2.05, 4.69) is 27.0 Å². The molecule has 1 aliphatic heterocycles. The lowest BCUT2D eigenvalue weighted by Crippen LogP contribution is -2.49. The molecule has 0 bridgehead atoms. The van der Waals surface area contributed by atoms with Crippen molar-refractivity contribution >= 4 is 28.9 Å². The largest absolute Gasteiger partial charge is 0.366 e. The van der Waals surface area contributed by atoms with Gasteiger partial charge in [-0.3, -0.25) is 9.69 Å². The van der Waals surface area contributed by atoms with E-state index in [0.29, 0.717) is 11.6 Å². The first-order valence-corrected chi connectivity index (χ1v) is 10.8. The fraction of sp³-hybridized carbons (Fsp3) is 0.348. The molecule has 2 aromatic heterocycles. The van der Waals surface area contributed by atoms with Crippen LogP contribution in [-0.4, -0.2) is 58.3 Å². The van der Waals surface area contributed by atoms with Gasteiger partial charge in [0, 0.05) is 43.1 Å². The molecular formula is C23H27ClN6O. The number of nitrogens with one attached hydrogen (secondary N) is 1. The van der Waals surface area contributed by atoms with Crippen LogP contribution in [-0.2, 0) is 4.79 Å². The molecule has 0 radical (unpaired) electrons. The van der Waals surface area contributed by atoms with Crippen molar-refractivity contribution in [2.75, 3.05) is 42.9 Å². The Morgan fingerprint density at radius 2 is 1.87 bits per heavy atom. The Morgan fingerprint density at radius 1 is 1.10 bits per heavy atom. The van der Waals surface area contributed by atoms with E-state index in [1.807, 2.05) is 48.9 Å². The van der Waals surface area contributed by atoms with Crippen LogP contribution in [0.15, 0.2) is 42.6 Å². The predicted octanol–water partition coefficient (Wildman–Crippen LogP) is 3.61. The maximum atomic E-state index is 12.5. The first kappa shape index (κ1) is 21.3. The molecule has 31 heavy (non-hydrogen) atoms. The fourth-order valence-electron chi connectivity index (χ4n) is 4.00. The monoisotopic (exact) mass is 438 g/mol. The molecule has 1 aliphatic rings. The second-order valence-electron chi connectivity index (χ2n) is 7.89. The number of nitrogens with zero attached hydrogens (tertiary/aromatic N) is 5. The van der Waals surface area contributed by atoms with Crippen molar-refractivity contribution < 1.29 is 4.79 Å². The van der Waals surface area contributed by atoms with Crippen molar-refractivity contribution in [3.05, 3.63) is 64.6 Å². The van der Waals surface area contributed by atoms with Crippen LogP contribution in [0.5, 0.6) is 0 Å². The van der Waals surface area contributed by atoms with E-state index in [1.54, 1.807) is 12.3 Å². The first-order valence-electron chi connectivity index (χ1n) is 10.4. The van der Waals surface area contributed by atoms with Gasteiger partial charge in [-0.05, 0) is 50.6 Å². The van der Waals surface area contributed by atoms with Crippen LogP contribution in [0.25, 0.3) is 5.82 Å². The molecule has 7 nitrogen and oxygen atoms in total. The van der Waals surface area contributed by atoms with Gasteiger partial charge in [0.2, 0.25) is 5.91 Å². The molecule has 4 rings (SSSR count). The summed E-state index contributed by atoms with van der Waals surface area (Å²) in [4.78, 5) is 21.4. The molecular weight excluding hydrogens is 412 g/mol. The van der Waals surface area contributed by atoms with Crippen LogP contribution in [0.4, 0.5) is 11.4 Å². The van der Waals surface area contributed by atoms with Gasteiger partial charge in [0.05, 0.1) is 23.6 Å². The number of amides is 1. The van der Waals surface area contributed by atoms with Crippen molar-refractivity contribution in [2.24, 2.45) is 0 Å². The van der Waals surface area contributed by atoms with Crippen LogP contribution in [0, 0.1) is 20.8 Å². The molecule has 3 heterocycles.